The van der Waals surface area contributed by atoms with Crippen LogP contribution in [0.5, 0.6) is 5.75 Å². The molecule has 2 rings (SSSR count). The number of hydrogen-bond acceptors (Lipinski definition) is 3. The summed E-state index contributed by atoms with van der Waals surface area (Å²) >= 11 is 5.88. The molecule has 0 atom stereocenters. The summed E-state index contributed by atoms with van der Waals surface area (Å²) in [6.07, 6.45) is 3.89. The number of rotatable bonds is 5. The lowest BCUT2D eigenvalue weighted by Gasteiger charge is -2.28. The Morgan fingerprint density at radius 3 is 2.79 bits per heavy atom. The van der Waals surface area contributed by atoms with E-state index in [9.17, 15) is 5.11 Å². The molecule has 4 heteroatoms. The van der Waals surface area contributed by atoms with E-state index in [2.05, 4.69) is 17.3 Å². The van der Waals surface area contributed by atoms with Gasteiger partial charge < -0.3 is 15.3 Å². The first-order chi connectivity index (χ1) is 9.15. The quantitative estimate of drug-likeness (QED) is 0.815. The second kappa shape index (κ2) is 7.13. The number of benzene rings is 1. The highest BCUT2D eigenvalue weighted by atomic mass is 35.5. The molecule has 1 saturated heterocycles. The maximum Gasteiger partial charge on any atom is 0.134 e. The van der Waals surface area contributed by atoms with E-state index in [0.29, 0.717) is 5.02 Å². The van der Waals surface area contributed by atoms with Crippen LogP contribution in [0.25, 0.3) is 0 Å². The third kappa shape index (κ3) is 4.68. The number of phenolic OH excluding ortho intramolecular Hbond substituents is 1. The molecule has 1 aromatic rings. The van der Waals surface area contributed by atoms with E-state index in [1.165, 1.54) is 32.4 Å². The highest BCUT2D eigenvalue weighted by Crippen LogP contribution is 2.23. The van der Waals surface area contributed by atoms with Gasteiger partial charge in [-0.15, -0.1) is 0 Å². The molecule has 1 aromatic carbocycles. The summed E-state index contributed by atoms with van der Waals surface area (Å²) in [5.74, 6) is 1.02. The lowest BCUT2D eigenvalue weighted by atomic mass is 9.94. The van der Waals surface area contributed by atoms with Crippen LogP contribution in [0.15, 0.2) is 18.2 Å². The Morgan fingerprint density at radius 2 is 2.11 bits per heavy atom. The maximum atomic E-state index is 9.35. The molecule has 19 heavy (non-hydrogen) atoms. The normalized spacial score (nSPS) is 17.8. The summed E-state index contributed by atoms with van der Waals surface area (Å²) in [5, 5.41) is 13.2. The fraction of sp³-hybridized carbons (Fsp3) is 0.600. The maximum absolute atomic E-state index is 9.35. The minimum absolute atomic E-state index is 0.150. The second-order valence-electron chi connectivity index (χ2n) is 5.50. The Morgan fingerprint density at radius 1 is 1.37 bits per heavy atom. The van der Waals surface area contributed by atoms with Crippen molar-refractivity contribution in [2.45, 2.75) is 25.8 Å². The molecular weight excluding hydrogens is 260 g/mol. The first kappa shape index (κ1) is 14.6. The van der Waals surface area contributed by atoms with Crippen molar-refractivity contribution in [1.82, 2.24) is 10.2 Å². The summed E-state index contributed by atoms with van der Waals surface area (Å²) in [7, 11) is 2.20. The molecule has 1 aliphatic rings. The van der Waals surface area contributed by atoms with Crippen LogP contribution in [0.2, 0.25) is 5.02 Å². The van der Waals surface area contributed by atoms with Crippen molar-refractivity contribution in [2.24, 2.45) is 5.92 Å². The summed E-state index contributed by atoms with van der Waals surface area (Å²) in [5.41, 5.74) is 1.12. The molecule has 1 fully saturated rings. The molecule has 0 bridgehead atoms. The van der Waals surface area contributed by atoms with Crippen molar-refractivity contribution < 1.29 is 5.11 Å². The molecule has 0 saturated carbocycles. The van der Waals surface area contributed by atoms with Crippen LogP contribution in [-0.4, -0.2) is 36.7 Å². The van der Waals surface area contributed by atoms with Crippen LogP contribution in [0.3, 0.4) is 0 Å². The van der Waals surface area contributed by atoms with Crippen LogP contribution < -0.4 is 5.32 Å². The zero-order chi connectivity index (χ0) is 13.7. The predicted molar refractivity (Wildman–Crippen MR) is 79.7 cm³/mol. The van der Waals surface area contributed by atoms with Gasteiger partial charge in [0.2, 0.25) is 0 Å². The molecule has 0 aromatic heterocycles. The average molecular weight is 283 g/mol. The second-order valence-corrected chi connectivity index (χ2v) is 5.91. The van der Waals surface area contributed by atoms with Crippen molar-refractivity contribution in [1.29, 1.82) is 0 Å². The summed E-state index contributed by atoms with van der Waals surface area (Å²) in [6.45, 7) is 4.33. The zero-order valence-electron chi connectivity index (χ0n) is 11.5. The van der Waals surface area contributed by atoms with Crippen molar-refractivity contribution >= 4 is 11.6 Å². The minimum Gasteiger partial charge on any atom is -0.506 e. The molecular formula is C15H23ClN2O. The van der Waals surface area contributed by atoms with Crippen LogP contribution in [0, 0.1) is 5.92 Å². The molecule has 106 valence electrons. The minimum atomic E-state index is 0.150. The Labute approximate surface area is 120 Å². The molecule has 1 heterocycles. The monoisotopic (exact) mass is 282 g/mol. The third-order valence-electron chi connectivity index (χ3n) is 3.91. The number of phenols is 1. The highest BCUT2D eigenvalue weighted by molar-refractivity contribution is 6.32. The van der Waals surface area contributed by atoms with Gasteiger partial charge in [0, 0.05) is 6.54 Å². The van der Waals surface area contributed by atoms with Crippen molar-refractivity contribution in [3.63, 3.8) is 0 Å². The number of hydrogen-bond donors (Lipinski definition) is 2. The van der Waals surface area contributed by atoms with Crippen LogP contribution in [-0.2, 0) is 6.54 Å². The SMILES string of the molecule is CN1CCC(CCNCc2ccc(O)c(Cl)c2)CC1. The Kier molecular flexibility index (Phi) is 5.49. The van der Waals surface area contributed by atoms with Gasteiger partial charge in [-0.2, -0.15) is 0 Å². The largest absolute Gasteiger partial charge is 0.506 e. The third-order valence-corrected chi connectivity index (χ3v) is 4.21. The van der Waals surface area contributed by atoms with Crippen LogP contribution in [0.1, 0.15) is 24.8 Å². The zero-order valence-corrected chi connectivity index (χ0v) is 12.3. The summed E-state index contributed by atoms with van der Waals surface area (Å²) in [6, 6.07) is 5.37. The standard InChI is InChI=1S/C15H23ClN2O/c1-18-8-5-12(6-9-18)4-7-17-11-13-2-3-15(19)14(16)10-13/h2-3,10,12,17,19H,4-9,11H2,1H3. The number of piperidine rings is 1. The Balaban J connectivity index is 1.65. The molecule has 0 spiro atoms. The van der Waals surface area contributed by atoms with Gasteiger partial charge in [0.15, 0.2) is 0 Å². The predicted octanol–water partition coefficient (Wildman–Crippen LogP) is 2.87. The average Bonchev–Trinajstić information content (AvgIpc) is 2.41. The number of nitrogens with one attached hydrogen (secondary N) is 1. The fourth-order valence-electron chi connectivity index (χ4n) is 2.55. The van der Waals surface area contributed by atoms with Gasteiger partial charge in [0.1, 0.15) is 5.75 Å². The summed E-state index contributed by atoms with van der Waals surface area (Å²) < 4.78 is 0. The number of aromatic hydroxyl groups is 1. The van der Waals surface area contributed by atoms with Gasteiger partial charge in [-0.25, -0.2) is 0 Å². The fourth-order valence-corrected chi connectivity index (χ4v) is 2.75. The van der Waals surface area contributed by atoms with Gasteiger partial charge in [-0.05, 0) is 69.6 Å². The number of nitrogens with zero attached hydrogens (tertiary/aromatic N) is 1. The molecule has 3 nitrogen and oxygen atoms in total. The van der Waals surface area contributed by atoms with E-state index in [0.717, 1.165) is 24.6 Å². The highest BCUT2D eigenvalue weighted by Gasteiger charge is 2.15. The van der Waals surface area contributed by atoms with Crippen molar-refractivity contribution in [3.8, 4) is 5.75 Å². The smallest absolute Gasteiger partial charge is 0.134 e. The van der Waals surface area contributed by atoms with Crippen molar-refractivity contribution in [2.75, 3.05) is 26.7 Å². The van der Waals surface area contributed by atoms with Crippen LogP contribution in [0.4, 0.5) is 0 Å². The Bertz CT molecular complexity index is 403. The van der Waals surface area contributed by atoms with Gasteiger partial charge in [0.25, 0.3) is 0 Å². The molecule has 0 unspecified atom stereocenters. The lowest BCUT2D eigenvalue weighted by molar-refractivity contribution is 0.211. The van der Waals surface area contributed by atoms with Gasteiger partial charge in [-0.3, -0.25) is 0 Å². The van der Waals surface area contributed by atoms with E-state index >= 15 is 0 Å². The number of likely N-dealkylation sites (tertiary alicyclic amines) is 1. The molecule has 0 amide bonds. The van der Waals surface area contributed by atoms with E-state index in [4.69, 9.17) is 11.6 Å². The van der Waals surface area contributed by atoms with Gasteiger partial charge in [-0.1, -0.05) is 17.7 Å². The molecule has 0 radical (unpaired) electrons. The topological polar surface area (TPSA) is 35.5 Å². The lowest BCUT2D eigenvalue weighted by Crippen LogP contribution is -2.31. The van der Waals surface area contributed by atoms with E-state index in [-0.39, 0.29) is 5.75 Å². The molecule has 0 aliphatic carbocycles. The first-order valence-corrected chi connectivity index (χ1v) is 7.39. The molecule has 1 aliphatic heterocycles. The van der Waals surface area contributed by atoms with Gasteiger partial charge >= 0.3 is 0 Å². The first-order valence-electron chi connectivity index (χ1n) is 7.02. The molecule has 2 N–H and O–H groups in total. The van der Waals surface area contributed by atoms with E-state index in [1.807, 2.05) is 12.1 Å². The van der Waals surface area contributed by atoms with E-state index < -0.39 is 0 Å². The van der Waals surface area contributed by atoms with Crippen molar-refractivity contribution in [3.05, 3.63) is 28.8 Å². The van der Waals surface area contributed by atoms with E-state index in [1.54, 1.807) is 6.07 Å². The van der Waals surface area contributed by atoms with Gasteiger partial charge in [0.05, 0.1) is 5.02 Å². The van der Waals surface area contributed by atoms with Crippen LogP contribution >= 0.6 is 11.6 Å². The summed E-state index contributed by atoms with van der Waals surface area (Å²) in [4.78, 5) is 2.41. The number of halogens is 1. The Hall–Kier alpha value is -0.770.